The molecule has 0 unspecified atom stereocenters. The SMILES string of the molecule is c1ccc(-n2c3ccccc3c3ccc(-c4ccc5c(c4)c4ccccc4n5-c4ccc(-c5cccc6oc7ccccc7c56)c5ccccc45)cc32)cc1.c1ccc(-n2c3ccccc3c3ccc(-c4ccc5c(c4)c4ccccc4n5-c4cccc5c(-c6cccc7c6Cc6ccccc6-7)cccc45)cc32)cc1. The van der Waals surface area contributed by atoms with Crippen LogP contribution in [0.15, 0.2) is 393 Å². The van der Waals surface area contributed by atoms with Crippen LogP contribution in [0, 0.1) is 0 Å². The summed E-state index contributed by atoms with van der Waals surface area (Å²) in [6.07, 6.45) is 0.967. The first-order valence-corrected chi connectivity index (χ1v) is 38.0. The Kier molecular flexibility index (Phi) is 13.8. The molecule has 18 aromatic carbocycles. The number of aromatic nitrogens is 4. The second-order valence-corrected chi connectivity index (χ2v) is 29.3. The highest BCUT2D eigenvalue weighted by atomic mass is 16.3. The highest BCUT2D eigenvalue weighted by molar-refractivity contribution is 6.19. The van der Waals surface area contributed by atoms with E-state index in [9.17, 15) is 0 Å². The maximum Gasteiger partial charge on any atom is 0.136 e. The van der Waals surface area contributed by atoms with E-state index in [4.69, 9.17) is 4.42 Å². The van der Waals surface area contributed by atoms with Gasteiger partial charge in [-0.05, 0) is 193 Å². The Morgan fingerprint density at radius 2 is 0.555 bits per heavy atom. The van der Waals surface area contributed by atoms with Crippen LogP contribution in [0.1, 0.15) is 11.1 Å². The van der Waals surface area contributed by atoms with Gasteiger partial charge in [0.1, 0.15) is 11.2 Å². The summed E-state index contributed by atoms with van der Waals surface area (Å²) in [5.41, 5.74) is 31.5. The van der Waals surface area contributed by atoms with E-state index in [0.717, 1.165) is 39.7 Å². The van der Waals surface area contributed by atoms with E-state index in [-0.39, 0.29) is 0 Å². The fourth-order valence-electron chi connectivity index (χ4n) is 18.7. The van der Waals surface area contributed by atoms with E-state index < -0.39 is 0 Å². The molecular formula is C105H66N4O. The van der Waals surface area contributed by atoms with Gasteiger partial charge in [-0.1, -0.05) is 279 Å². The molecule has 0 aliphatic heterocycles. The molecule has 5 aromatic heterocycles. The Bertz CT molecular complexity index is 7750. The van der Waals surface area contributed by atoms with Crippen molar-refractivity contribution in [2.75, 3.05) is 0 Å². The highest BCUT2D eigenvalue weighted by Crippen LogP contribution is 2.48. The van der Waals surface area contributed by atoms with Gasteiger partial charge in [0.2, 0.25) is 0 Å². The van der Waals surface area contributed by atoms with Crippen molar-refractivity contribution in [3.63, 3.8) is 0 Å². The molecule has 0 atom stereocenters. The minimum atomic E-state index is 0.908. The summed E-state index contributed by atoms with van der Waals surface area (Å²) in [6.45, 7) is 0. The molecule has 512 valence electrons. The number of hydrogen-bond donors (Lipinski definition) is 0. The molecule has 0 N–H and O–H groups in total. The zero-order valence-electron chi connectivity index (χ0n) is 59.9. The van der Waals surface area contributed by atoms with Crippen LogP contribution in [0.25, 0.3) is 209 Å². The first kappa shape index (κ1) is 61.8. The first-order valence-electron chi connectivity index (χ1n) is 38.0. The lowest BCUT2D eigenvalue weighted by molar-refractivity contribution is 0.669. The smallest absolute Gasteiger partial charge is 0.136 e. The molecule has 0 bridgehead atoms. The second kappa shape index (κ2) is 24.5. The van der Waals surface area contributed by atoms with Gasteiger partial charge in [0.05, 0.1) is 55.5 Å². The number of rotatable bonds is 8. The van der Waals surface area contributed by atoms with Gasteiger partial charge in [-0.15, -0.1) is 0 Å². The van der Waals surface area contributed by atoms with Crippen LogP contribution in [-0.4, -0.2) is 18.3 Å². The minimum absolute atomic E-state index is 0.908. The Balaban J connectivity index is 0.000000132. The van der Waals surface area contributed by atoms with Crippen molar-refractivity contribution in [2.45, 2.75) is 6.42 Å². The molecule has 0 spiro atoms. The molecule has 0 fully saturated rings. The molecule has 1 aliphatic rings. The third-order valence-corrected chi connectivity index (χ3v) is 23.5. The van der Waals surface area contributed by atoms with Crippen molar-refractivity contribution < 1.29 is 4.42 Å². The van der Waals surface area contributed by atoms with E-state index in [1.165, 1.54) is 187 Å². The van der Waals surface area contributed by atoms with Crippen LogP contribution >= 0.6 is 0 Å². The maximum atomic E-state index is 6.30. The van der Waals surface area contributed by atoms with Crippen molar-refractivity contribution in [1.82, 2.24) is 18.3 Å². The third kappa shape index (κ3) is 9.41. The molecule has 5 heteroatoms. The van der Waals surface area contributed by atoms with Crippen molar-refractivity contribution in [3.8, 4) is 78.4 Å². The predicted molar refractivity (Wildman–Crippen MR) is 463 cm³/mol. The predicted octanol–water partition coefficient (Wildman–Crippen LogP) is 28.2. The van der Waals surface area contributed by atoms with Gasteiger partial charge in [0.15, 0.2) is 0 Å². The molecule has 5 heterocycles. The first-order chi connectivity index (χ1) is 54.6. The Hall–Kier alpha value is -14.5. The molecule has 23 aromatic rings. The monoisotopic (exact) mass is 1400 g/mol. The van der Waals surface area contributed by atoms with Gasteiger partial charge < -0.3 is 22.7 Å². The topological polar surface area (TPSA) is 32.9 Å². The van der Waals surface area contributed by atoms with Crippen LogP contribution in [0.2, 0.25) is 0 Å². The summed E-state index contributed by atoms with van der Waals surface area (Å²) in [4.78, 5) is 0. The Morgan fingerprint density at radius 3 is 1.15 bits per heavy atom. The normalized spacial score (nSPS) is 12.1. The summed E-state index contributed by atoms with van der Waals surface area (Å²) >= 11 is 0. The number of para-hydroxylation sites is 7. The third-order valence-electron chi connectivity index (χ3n) is 23.5. The lowest BCUT2D eigenvalue weighted by Crippen LogP contribution is -1.96. The maximum absolute atomic E-state index is 6.30. The molecule has 1 aliphatic carbocycles. The summed E-state index contributed by atoms with van der Waals surface area (Å²) in [7, 11) is 0. The molecule has 24 rings (SSSR count). The Morgan fingerprint density at radius 1 is 0.191 bits per heavy atom. The van der Waals surface area contributed by atoms with E-state index in [0.29, 0.717) is 0 Å². The number of benzene rings is 18. The highest BCUT2D eigenvalue weighted by Gasteiger charge is 2.26. The lowest BCUT2D eigenvalue weighted by Gasteiger charge is -2.16. The standard InChI is InChI=1S/C53H34N2.C52H32N2O/c1-2-14-37(15-3-1)54-49-24-8-6-17-44(49)46-29-27-35(33-53(46)54)34-28-30-52-48(31-34)45-18-7-9-25-50(45)55(52)51-26-12-22-41-40(20-11-23-43(41)51)42-21-10-19-39-38-16-5-4-13-36(38)32-47(39)42;1-2-13-35(14-3-1)53-45-21-9-6-17-39(45)41-27-25-34(32-49(41)53)33-26-29-48-44(31-33)40-18-7-10-22-46(40)54(48)47-30-28-37(36-15-4-5-16-38(36)47)42-20-12-24-51-52(42)43-19-8-11-23-50(43)55-51/h1-31,33H,32H2;1-32H. The van der Waals surface area contributed by atoms with Crippen molar-refractivity contribution in [3.05, 3.63) is 399 Å². The van der Waals surface area contributed by atoms with Crippen LogP contribution < -0.4 is 0 Å². The molecule has 0 radical (unpaired) electrons. The largest absolute Gasteiger partial charge is 0.456 e. The fraction of sp³-hybridized carbons (Fsp3) is 0.00952. The number of fused-ring (bicyclic) bond motifs is 20. The molecule has 0 saturated carbocycles. The zero-order valence-corrected chi connectivity index (χ0v) is 59.9. The van der Waals surface area contributed by atoms with E-state index in [1.807, 2.05) is 6.07 Å². The van der Waals surface area contributed by atoms with E-state index >= 15 is 0 Å². The van der Waals surface area contributed by atoms with E-state index in [1.54, 1.807) is 0 Å². The second-order valence-electron chi connectivity index (χ2n) is 29.3. The lowest BCUT2D eigenvalue weighted by atomic mass is 9.92. The van der Waals surface area contributed by atoms with Gasteiger partial charge in [0.25, 0.3) is 0 Å². The molecule has 110 heavy (non-hydrogen) atoms. The molecule has 0 saturated heterocycles. The molecule has 5 nitrogen and oxygen atoms in total. The van der Waals surface area contributed by atoms with Crippen molar-refractivity contribution in [1.29, 1.82) is 0 Å². The molecular weight excluding hydrogens is 1330 g/mol. The molecule has 0 amide bonds. The van der Waals surface area contributed by atoms with Crippen molar-refractivity contribution in [2.24, 2.45) is 0 Å². The summed E-state index contributed by atoms with van der Waals surface area (Å²) in [5.74, 6) is 0. The van der Waals surface area contributed by atoms with Gasteiger partial charge in [0, 0.05) is 76.0 Å². The number of nitrogens with zero attached hydrogens (tertiary/aromatic N) is 4. The van der Waals surface area contributed by atoms with Crippen molar-refractivity contribution >= 4 is 131 Å². The van der Waals surface area contributed by atoms with Gasteiger partial charge in [-0.3, -0.25) is 0 Å². The number of hydrogen-bond acceptors (Lipinski definition) is 1. The van der Waals surface area contributed by atoms with E-state index in [2.05, 4.69) is 400 Å². The average molecular weight is 1400 g/mol. The minimum Gasteiger partial charge on any atom is -0.456 e. The van der Waals surface area contributed by atoms with Crippen LogP contribution in [0.4, 0.5) is 0 Å². The summed E-state index contributed by atoms with van der Waals surface area (Å²) in [5, 5.41) is 17.3. The quantitative estimate of drug-likeness (QED) is 0.149. The number of furan rings is 1. The van der Waals surface area contributed by atoms with Gasteiger partial charge in [-0.25, -0.2) is 0 Å². The fourth-order valence-corrected chi connectivity index (χ4v) is 18.7. The van der Waals surface area contributed by atoms with Gasteiger partial charge in [-0.2, -0.15) is 0 Å². The summed E-state index contributed by atoms with van der Waals surface area (Å²) in [6, 6.07) is 142. The zero-order chi connectivity index (χ0) is 72.1. The van der Waals surface area contributed by atoms with Crippen LogP contribution in [0.3, 0.4) is 0 Å². The average Bonchev–Trinajstić information content (AvgIpc) is 1.54. The Labute approximate surface area is 633 Å². The summed E-state index contributed by atoms with van der Waals surface area (Å²) < 4.78 is 16.0. The van der Waals surface area contributed by atoms with Crippen LogP contribution in [0.5, 0.6) is 0 Å². The van der Waals surface area contributed by atoms with Gasteiger partial charge >= 0.3 is 0 Å². The van der Waals surface area contributed by atoms with Crippen LogP contribution in [-0.2, 0) is 6.42 Å².